The first-order chi connectivity index (χ1) is 10.1. The molecule has 0 bridgehead atoms. The fraction of sp³-hybridized carbons (Fsp3) is 0.667. The van der Waals surface area contributed by atoms with Crippen molar-refractivity contribution in [2.75, 3.05) is 19.7 Å². The summed E-state index contributed by atoms with van der Waals surface area (Å²) in [6.07, 6.45) is 2.20. The summed E-state index contributed by atoms with van der Waals surface area (Å²) < 4.78 is 6.38. The maximum atomic E-state index is 12.4. The third-order valence-corrected chi connectivity index (χ3v) is 6.09. The molecule has 3 rings (SSSR count). The highest BCUT2D eigenvalue weighted by Gasteiger charge is 2.56. The van der Waals surface area contributed by atoms with E-state index in [0.29, 0.717) is 28.9 Å². The van der Waals surface area contributed by atoms with Crippen molar-refractivity contribution in [1.29, 1.82) is 0 Å². The summed E-state index contributed by atoms with van der Waals surface area (Å²) >= 11 is 7.21. The molecule has 0 radical (unpaired) electrons. The van der Waals surface area contributed by atoms with Crippen molar-refractivity contribution >= 4 is 28.8 Å². The standard InChI is InChI=1S/C15H20ClNO3S/c1-2-20-12-9-11(18)15(12)5-7-17(8-6-15)14(19)10-3-4-13(16)21-10/h3-4,11-12,18H,2,5-9H2,1H3/t11-,12-/m1/s1. The molecule has 1 N–H and O–H groups in total. The van der Waals surface area contributed by atoms with Gasteiger partial charge in [-0.3, -0.25) is 4.79 Å². The third kappa shape index (κ3) is 2.61. The molecule has 1 spiro atoms. The Balaban J connectivity index is 1.63. The Morgan fingerprint density at radius 2 is 2.24 bits per heavy atom. The largest absolute Gasteiger partial charge is 0.392 e. The van der Waals surface area contributed by atoms with Crippen LogP contribution in [0.25, 0.3) is 0 Å². The Morgan fingerprint density at radius 3 is 2.76 bits per heavy atom. The van der Waals surface area contributed by atoms with Crippen LogP contribution in [0, 0.1) is 5.41 Å². The Hall–Kier alpha value is -0.620. The first-order valence-electron chi connectivity index (χ1n) is 7.41. The van der Waals surface area contributed by atoms with Crippen LogP contribution >= 0.6 is 22.9 Å². The molecular weight excluding hydrogens is 310 g/mol. The number of carbonyl (C=O) groups excluding carboxylic acids is 1. The van der Waals surface area contributed by atoms with Gasteiger partial charge in [-0.25, -0.2) is 0 Å². The van der Waals surface area contributed by atoms with Gasteiger partial charge in [-0.05, 0) is 31.9 Å². The molecule has 0 aromatic carbocycles. The smallest absolute Gasteiger partial charge is 0.263 e. The SMILES string of the molecule is CCO[C@@H]1C[C@@H](O)C12CCN(C(=O)c1ccc(Cl)s1)CC2. The lowest BCUT2D eigenvalue weighted by Crippen LogP contribution is -2.62. The van der Waals surface area contributed by atoms with Crippen LogP contribution in [-0.4, -0.2) is 47.8 Å². The van der Waals surface area contributed by atoms with Crippen molar-refractivity contribution < 1.29 is 14.6 Å². The monoisotopic (exact) mass is 329 g/mol. The molecule has 0 unspecified atom stereocenters. The van der Waals surface area contributed by atoms with E-state index in [1.54, 1.807) is 12.1 Å². The van der Waals surface area contributed by atoms with E-state index in [1.165, 1.54) is 11.3 Å². The molecule has 1 aromatic heterocycles. The van der Waals surface area contributed by atoms with Gasteiger partial charge < -0.3 is 14.7 Å². The number of ether oxygens (including phenoxy) is 1. The highest BCUT2D eigenvalue weighted by Crippen LogP contribution is 2.51. The number of hydrogen-bond donors (Lipinski definition) is 1. The molecule has 2 aliphatic rings. The predicted molar refractivity (Wildman–Crippen MR) is 82.9 cm³/mol. The first-order valence-corrected chi connectivity index (χ1v) is 8.60. The average molecular weight is 330 g/mol. The van der Waals surface area contributed by atoms with E-state index in [9.17, 15) is 9.90 Å². The molecule has 4 nitrogen and oxygen atoms in total. The number of halogens is 1. The zero-order valence-electron chi connectivity index (χ0n) is 12.0. The minimum atomic E-state index is -0.289. The van der Waals surface area contributed by atoms with E-state index >= 15 is 0 Å². The Labute approximate surface area is 133 Å². The van der Waals surface area contributed by atoms with E-state index in [4.69, 9.17) is 16.3 Å². The van der Waals surface area contributed by atoms with Crippen LogP contribution in [0.3, 0.4) is 0 Å². The van der Waals surface area contributed by atoms with E-state index in [2.05, 4.69) is 0 Å². The second-order valence-electron chi connectivity index (χ2n) is 5.82. The second kappa shape index (κ2) is 5.88. The maximum Gasteiger partial charge on any atom is 0.263 e. The van der Waals surface area contributed by atoms with Crippen molar-refractivity contribution in [3.05, 3.63) is 21.3 Å². The summed E-state index contributed by atoms with van der Waals surface area (Å²) in [6, 6.07) is 3.53. The number of thiophene rings is 1. The van der Waals surface area contributed by atoms with Crippen molar-refractivity contribution in [2.24, 2.45) is 5.41 Å². The summed E-state index contributed by atoms with van der Waals surface area (Å²) in [6.45, 7) is 4.01. The molecule has 1 aliphatic carbocycles. The fourth-order valence-electron chi connectivity index (χ4n) is 3.53. The number of piperidine rings is 1. The van der Waals surface area contributed by atoms with E-state index < -0.39 is 0 Å². The minimum absolute atomic E-state index is 0.0449. The molecular formula is C15H20ClNO3S. The average Bonchev–Trinajstić information content (AvgIpc) is 2.93. The molecule has 1 saturated heterocycles. The van der Waals surface area contributed by atoms with Gasteiger partial charge in [0.05, 0.1) is 21.4 Å². The molecule has 21 heavy (non-hydrogen) atoms. The van der Waals surface area contributed by atoms with Crippen molar-refractivity contribution in [3.8, 4) is 0 Å². The van der Waals surface area contributed by atoms with Gasteiger partial charge in [-0.1, -0.05) is 11.6 Å². The van der Waals surface area contributed by atoms with Crippen LogP contribution in [0.4, 0.5) is 0 Å². The van der Waals surface area contributed by atoms with Crippen molar-refractivity contribution in [1.82, 2.24) is 4.90 Å². The summed E-state index contributed by atoms with van der Waals surface area (Å²) in [5.41, 5.74) is -0.139. The quantitative estimate of drug-likeness (QED) is 0.927. The Kier molecular flexibility index (Phi) is 4.28. The van der Waals surface area contributed by atoms with Gasteiger partial charge in [-0.15, -0.1) is 11.3 Å². The Bertz CT molecular complexity index is 523. The maximum absolute atomic E-state index is 12.4. The van der Waals surface area contributed by atoms with Gasteiger partial charge in [-0.2, -0.15) is 0 Å². The molecule has 1 amide bonds. The van der Waals surface area contributed by atoms with Crippen LogP contribution in [0.15, 0.2) is 12.1 Å². The van der Waals surface area contributed by atoms with Gasteiger partial charge in [0.15, 0.2) is 0 Å². The lowest BCUT2D eigenvalue weighted by atomic mass is 9.58. The number of aliphatic hydroxyl groups excluding tert-OH is 1. The number of nitrogens with zero attached hydrogens (tertiary/aromatic N) is 1. The van der Waals surface area contributed by atoms with Crippen LogP contribution < -0.4 is 0 Å². The first kappa shape index (κ1) is 15.3. The highest BCUT2D eigenvalue weighted by molar-refractivity contribution is 7.17. The normalized spacial score (nSPS) is 27.7. The van der Waals surface area contributed by atoms with Gasteiger partial charge in [0.25, 0.3) is 5.91 Å². The molecule has 2 atom stereocenters. The number of rotatable bonds is 3. The zero-order chi connectivity index (χ0) is 15.0. The zero-order valence-corrected chi connectivity index (χ0v) is 13.6. The van der Waals surface area contributed by atoms with Crippen molar-refractivity contribution in [2.45, 2.75) is 38.4 Å². The lowest BCUT2D eigenvalue weighted by molar-refractivity contribution is -0.207. The van der Waals surface area contributed by atoms with Crippen molar-refractivity contribution in [3.63, 3.8) is 0 Å². The summed E-state index contributed by atoms with van der Waals surface area (Å²) in [5, 5.41) is 10.2. The highest BCUT2D eigenvalue weighted by atomic mass is 35.5. The number of carbonyl (C=O) groups is 1. The minimum Gasteiger partial charge on any atom is -0.392 e. The van der Waals surface area contributed by atoms with Gasteiger partial charge in [0, 0.05) is 31.5 Å². The van der Waals surface area contributed by atoms with Gasteiger partial charge in [0.1, 0.15) is 0 Å². The van der Waals surface area contributed by atoms with Crippen LogP contribution in [0.2, 0.25) is 4.34 Å². The summed E-state index contributed by atoms with van der Waals surface area (Å²) in [7, 11) is 0. The second-order valence-corrected chi connectivity index (χ2v) is 7.54. The number of amides is 1. The molecule has 116 valence electrons. The molecule has 2 fully saturated rings. The fourth-order valence-corrected chi connectivity index (χ4v) is 4.54. The third-order valence-electron chi connectivity index (χ3n) is 4.88. The Morgan fingerprint density at radius 1 is 1.52 bits per heavy atom. The van der Waals surface area contributed by atoms with Gasteiger partial charge in [0.2, 0.25) is 0 Å². The van der Waals surface area contributed by atoms with Gasteiger partial charge >= 0.3 is 0 Å². The van der Waals surface area contributed by atoms with Crippen LogP contribution in [-0.2, 0) is 4.74 Å². The van der Waals surface area contributed by atoms with E-state index in [-0.39, 0.29) is 23.5 Å². The molecule has 6 heteroatoms. The molecule has 1 aliphatic heterocycles. The topological polar surface area (TPSA) is 49.8 Å². The molecule has 1 aromatic rings. The lowest BCUT2D eigenvalue weighted by Gasteiger charge is -2.56. The van der Waals surface area contributed by atoms with Crippen LogP contribution in [0.1, 0.15) is 35.9 Å². The number of hydrogen-bond acceptors (Lipinski definition) is 4. The van der Waals surface area contributed by atoms with E-state index in [0.717, 1.165) is 19.3 Å². The van der Waals surface area contributed by atoms with E-state index in [1.807, 2.05) is 11.8 Å². The number of aliphatic hydroxyl groups is 1. The molecule has 1 saturated carbocycles. The summed E-state index contributed by atoms with van der Waals surface area (Å²) in [4.78, 5) is 15.0. The predicted octanol–water partition coefficient (Wildman–Crippen LogP) is 2.79. The number of likely N-dealkylation sites (tertiary alicyclic amines) is 1. The van der Waals surface area contributed by atoms with Crippen LogP contribution in [0.5, 0.6) is 0 Å². The molecule has 2 heterocycles. The summed E-state index contributed by atoms with van der Waals surface area (Å²) in [5.74, 6) is 0.0449.